The third-order valence-electron chi connectivity index (χ3n) is 2.66. The van der Waals surface area contributed by atoms with Crippen molar-refractivity contribution >= 4 is 11.8 Å². The van der Waals surface area contributed by atoms with Crippen LogP contribution in [0.15, 0.2) is 12.1 Å². The molecule has 1 atom stereocenters. The molecule has 0 heterocycles. The fraction of sp³-hybridized carbons (Fsp3) is 0.538. The van der Waals surface area contributed by atoms with Crippen LogP contribution >= 0.6 is 11.8 Å². The predicted octanol–water partition coefficient (Wildman–Crippen LogP) is 3.09. The second kappa shape index (κ2) is 6.99. The van der Waals surface area contributed by atoms with Crippen LogP contribution in [-0.2, 0) is 0 Å². The van der Waals surface area contributed by atoms with E-state index >= 15 is 0 Å². The first-order chi connectivity index (χ1) is 8.10. The van der Waals surface area contributed by atoms with Crippen LogP contribution in [-0.4, -0.2) is 11.5 Å². The Balaban J connectivity index is 2.87. The lowest BCUT2D eigenvalue weighted by Crippen LogP contribution is -2.31. The zero-order valence-electron chi connectivity index (χ0n) is 10.7. The van der Waals surface area contributed by atoms with E-state index in [1.54, 1.807) is 17.8 Å². The molecule has 1 rings (SSSR count). The number of thioether (sulfide) groups is 1. The highest BCUT2D eigenvalue weighted by atomic mass is 32.2. The quantitative estimate of drug-likeness (QED) is 0.466. The second-order valence-electron chi connectivity index (χ2n) is 4.27. The van der Waals surface area contributed by atoms with E-state index in [-0.39, 0.29) is 11.9 Å². The first-order valence-corrected chi connectivity index (χ1v) is 7.06. The fourth-order valence-electron chi connectivity index (χ4n) is 1.93. The Kier molecular flexibility index (Phi) is 5.95. The maximum absolute atomic E-state index is 14.0. The lowest BCUT2D eigenvalue weighted by atomic mass is 10.00. The summed E-state index contributed by atoms with van der Waals surface area (Å²) < 4.78 is 14.0. The summed E-state index contributed by atoms with van der Waals surface area (Å²) >= 11 is 1.79. The van der Waals surface area contributed by atoms with Crippen LogP contribution in [0.1, 0.15) is 36.1 Å². The van der Waals surface area contributed by atoms with E-state index in [4.69, 9.17) is 5.84 Å². The van der Waals surface area contributed by atoms with Gasteiger partial charge in [0.1, 0.15) is 5.82 Å². The Morgan fingerprint density at radius 2 is 2.12 bits per heavy atom. The number of halogens is 1. The monoisotopic (exact) mass is 256 g/mol. The minimum Gasteiger partial charge on any atom is -0.271 e. The molecule has 0 saturated carbocycles. The average Bonchev–Trinajstić information content (AvgIpc) is 2.25. The highest BCUT2D eigenvalue weighted by Gasteiger charge is 2.17. The Hall–Kier alpha value is -0.580. The summed E-state index contributed by atoms with van der Waals surface area (Å²) in [6.07, 6.45) is 1.12. The van der Waals surface area contributed by atoms with Crippen molar-refractivity contribution in [1.82, 2.24) is 5.43 Å². The third kappa shape index (κ3) is 3.98. The van der Waals surface area contributed by atoms with E-state index in [1.165, 1.54) is 0 Å². The van der Waals surface area contributed by atoms with Crippen LogP contribution in [0.2, 0.25) is 0 Å². The summed E-state index contributed by atoms with van der Waals surface area (Å²) in [4.78, 5) is 0. The SMILES string of the molecule is CCCSCC(NN)c1c(C)cc(C)cc1F. The van der Waals surface area contributed by atoms with Crippen LogP contribution < -0.4 is 11.3 Å². The largest absolute Gasteiger partial charge is 0.271 e. The number of benzene rings is 1. The molecule has 0 amide bonds. The molecule has 0 bridgehead atoms. The Labute approximate surface area is 107 Å². The van der Waals surface area contributed by atoms with Crippen LogP contribution in [0.4, 0.5) is 4.39 Å². The van der Waals surface area contributed by atoms with Gasteiger partial charge in [0.2, 0.25) is 0 Å². The van der Waals surface area contributed by atoms with Crippen molar-refractivity contribution in [2.45, 2.75) is 33.2 Å². The summed E-state index contributed by atoms with van der Waals surface area (Å²) in [5, 5.41) is 0. The van der Waals surface area contributed by atoms with Gasteiger partial charge in [0.25, 0.3) is 0 Å². The van der Waals surface area contributed by atoms with Gasteiger partial charge in [0.15, 0.2) is 0 Å². The number of hydrazine groups is 1. The summed E-state index contributed by atoms with van der Waals surface area (Å²) in [7, 11) is 0. The molecule has 0 aromatic heterocycles. The van der Waals surface area contributed by atoms with E-state index in [1.807, 2.05) is 19.9 Å². The van der Waals surface area contributed by atoms with Gasteiger partial charge in [0, 0.05) is 11.3 Å². The van der Waals surface area contributed by atoms with Gasteiger partial charge in [-0.25, -0.2) is 4.39 Å². The third-order valence-corrected chi connectivity index (χ3v) is 3.93. The smallest absolute Gasteiger partial charge is 0.128 e. The summed E-state index contributed by atoms with van der Waals surface area (Å²) in [5.41, 5.74) is 5.32. The van der Waals surface area contributed by atoms with Crippen LogP contribution in [0.25, 0.3) is 0 Å². The van der Waals surface area contributed by atoms with Crippen LogP contribution in [0, 0.1) is 19.7 Å². The van der Waals surface area contributed by atoms with Crippen molar-refractivity contribution in [2.24, 2.45) is 5.84 Å². The zero-order chi connectivity index (χ0) is 12.8. The normalized spacial score (nSPS) is 12.8. The van der Waals surface area contributed by atoms with Gasteiger partial charge in [-0.3, -0.25) is 11.3 Å². The summed E-state index contributed by atoms with van der Waals surface area (Å²) in [6.45, 7) is 5.96. The van der Waals surface area contributed by atoms with Gasteiger partial charge in [0.05, 0.1) is 6.04 Å². The topological polar surface area (TPSA) is 38.0 Å². The molecule has 0 aliphatic heterocycles. The molecular weight excluding hydrogens is 235 g/mol. The molecule has 4 heteroatoms. The van der Waals surface area contributed by atoms with Crippen molar-refractivity contribution in [1.29, 1.82) is 0 Å². The van der Waals surface area contributed by atoms with Crippen molar-refractivity contribution in [3.05, 3.63) is 34.6 Å². The molecule has 17 heavy (non-hydrogen) atoms. The molecule has 0 aliphatic rings. The maximum Gasteiger partial charge on any atom is 0.128 e. The van der Waals surface area contributed by atoms with Gasteiger partial charge in [-0.1, -0.05) is 13.0 Å². The number of nitrogens with two attached hydrogens (primary N) is 1. The van der Waals surface area contributed by atoms with Gasteiger partial charge < -0.3 is 0 Å². The zero-order valence-corrected chi connectivity index (χ0v) is 11.5. The number of hydrogen-bond acceptors (Lipinski definition) is 3. The molecule has 1 aromatic carbocycles. The average molecular weight is 256 g/mol. The van der Waals surface area contributed by atoms with E-state index in [0.717, 1.165) is 29.1 Å². The molecule has 0 saturated heterocycles. The van der Waals surface area contributed by atoms with Crippen molar-refractivity contribution < 1.29 is 4.39 Å². The van der Waals surface area contributed by atoms with Crippen LogP contribution in [0.3, 0.4) is 0 Å². The number of nitrogens with one attached hydrogen (secondary N) is 1. The Morgan fingerprint density at radius 1 is 1.41 bits per heavy atom. The van der Waals surface area contributed by atoms with Gasteiger partial charge in [-0.2, -0.15) is 11.8 Å². The Bertz CT molecular complexity index is 345. The lowest BCUT2D eigenvalue weighted by Gasteiger charge is -2.19. The maximum atomic E-state index is 14.0. The molecule has 0 spiro atoms. The molecule has 2 nitrogen and oxygen atoms in total. The Morgan fingerprint density at radius 3 is 2.65 bits per heavy atom. The van der Waals surface area contributed by atoms with Gasteiger partial charge >= 0.3 is 0 Å². The molecule has 3 N–H and O–H groups in total. The summed E-state index contributed by atoms with van der Waals surface area (Å²) in [5.74, 6) is 7.24. The number of rotatable bonds is 6. The fourth-order valence-corrected chi connectivity index (χ4v) is 2.88. The number of aryl methyl sites for hydroxylation is 2. The molecule has 0 radical (unpaired) electrons. The lowest BCUT2D eigenvalue weighted by molar-refractivity contribution is 0.542. The van der Waals surface area contributed by atoms with Crippen molar-refractivity contribution in [3.8, 4) is 0 Å². The molecule has 1 aromatic rings. The molecular formula is C13H21FN2S. The van der Waals surface area contributed by atoms with E-state index in [9.17, 15) is 4.39 Å². The van der Waals surface area contributed by atoms with Gasteiger partial charge in [-0.05, 0) is 43.2 Å². The van der Waals surface area contributed by atoms with E-state index in [0.29, 0.717) is 5.56 Å². The highest BCUT2D eigenvalue weighted by molar-refractivity contribution is 7.99. The van der Waals surface area contributed by atoms with Gasteiger partial charge in [-0.15, -0.1) is 0 Å². The molecule has 0 aliphatic carbocycles. The van der Waals surface area contributed by atoms with E-state index < -0.39 is 0 Å². The number of hydrogen-bond donors (Lipinski definition) is 2. The van der Waals surface area contributed by atoms with Crippen molar-refractivity contribution in [2.75, 3.05) is 11.5 Å². The predicted molar refractivity (Wildman–Crippen MR) is 73.6 cm³/mol. The summed E-state index contributed by atoms with van der Waals surface area (Å²) in [6, 6.07) is 3.44. The first-order valence-electron chi connectivity index (χ1n) is 5.90. The molecule has 0 fully saturated rings. The van der Waals surface area contributed by atoms with Crippen molar-refractivity contribution in [3.63, 3.8) is 0 Å². The first kappa shape index (κ1) is 14.5. The van der Waals surface area contributed by atoms with E-state index in [2.05, 4.69) is 12.3 Å². The molecule has 96 valence electrons. The standard InChI is InChI=1S/C13H21FN2S/c1-4-5-17-8-12(16-15)13-10(3)6-9(2)7-11(13)14/h6-7,12,16H,4-5,8,15H2,1-3H3. The second-order valence-corrected chi connectivity index (χ2v) is 5.42. The van der Waals surface area contributed by atoms with Crippen LogP contribution in [0.5, 0.6) is 0 Å². The highest BCUT2D eigenvalue weighted by Crippen LogP contribution is 2.25. The molecule has 1 unspecified atom stereocenters. The minimum absolute atomic E-state index is 0.118. The minimum atomic E-state index is -0.164.